The quantitative estimate of drug-likeness (QED) is 0.374. The molecule has 0 aromatic carbocycles. The fourth-order valence-corrected chi connectivity index (χ4v) is 12.8. The van der Waals surface area contributed by atoms with E-state index < -0.39 is 5.97 Å². The third kappa shape index (κ3) is 4.65. The average molecular weight is 615 g/mol. The molecule has 8 fully saturated rings. The number of carbonyl (C=O) groups excluding carboxylic acids is 1. The number of rotatable bonds is 8. The van der Waals surface area contributed by atoms with Crippen LogP contribution in [-0.4, -0.2) is 79.3 Å². The highest BCUT2D eigenvalue weighted by Gasteiger charge is 2.80. The van der Waals surface area contributed by atoms with Crippen LogP contribution >= 0.6 is 0 Å². The number of nitrogens with one attached hydrogen (secondary N) is 1. The number of aliphatic carboxylic acids is 1. The number of fused-ring (bicyclic) bond motifs is 4. The predicted molar refractivity (Wildman–Crippen MR) is 167 cm³/mol. The smallest absolute Gasteiger partial charge is 0.317 e. The van der Waals surface area contributed by atoms with Crippen molar-refractivity contribution in [3.05, 3.63) is 0 Å². The van der Waals surface area contributed by atoms with Crippen LogP contribution in [0, 0.1) is 51.2 Å². The van der Waals surface area contributed by atoms with E-state index >= 15 is 0 Å². The minimum Gasteiger partial charge on any atom is -0.480 e. The fourth-order valence-electron chi connectivity index (χ4n) is 12.8. The topological polar surface area (TPSA) is 97.3 Å². The molecule has 44 heavy (non-hydrogen) atoms. The highest BCUT2D eigenvalue weighted by atomic mass is 16.7. The molecule has 6 aliphatic carbocycles. The lowest BCUT2D eigenvalue weighted by molar-refractivity contribution is -0.244. The Labute approximate surface area is 265 Å². The van der Waals surface area contributed by atoms with E-state index in [-0.39, 0.29) is 37.8 Å². The van der Waals surface area contributed by atoms with Gasteiger partial charge < -0.3 is 29.5 Å². The number of morpholine rings is 1. The SMILES string of the molecule is CC1(C)C2CCC3C4CC5OC(CNCC(=O)O)CCC5[C@@]4(C)CC[C@]34CC24CC[C@@H]1OC1CN(C(=O)CC2CC2)CCO1.[HH]. The summed E-state index contributed by atoms with van der Waals surface area (Å²) >= 11 is 0. The van der Waals surface area contributed by atoms with E-state index in [1.807, 2.05) is 4.90 Å². The first-order chi connectivity index (χ1) is 21.1. The molecule has 2 saturated heterocycles. The van der Waals surface area contributed by atoms with Crippen LogP contribution < -0.4 is 5.32 Å². The highest BCUT2D eigenvalue weighted by molar-refractivity contribution is 5.76. The third-order valence-electron chi connectivity index (χ3n) is 15.1. The van der Waals surface area contributed by atoms with Crippen LogP contribution in [0.25, 0.3) is 0 Å². The predicted octanol–water partition coefficient (Wildman–Crippen LogP) is 5.48. The summed E-state index contributed by atoms with van der Waals surface area (Å²) in [5.74, 6) is 3.01. The molecule has 2 heterocycles. The summed E-state index contributed by atoms with van der Waals surface area (Å²) in [4.78, 5) is 25.8. The van der Waals surface area contributed by atoms with Crippen molar-refractivity contribution in [1.82, 2.24) is 10.2 Å². The van der Waals surface area contributed by atoms with Crippen LogP contribution in [0.4, 0.5) is 0 Å². The number of hydrogen-bond donors (Lipinski definition) is 2. The number of carbonyl (C=O) groups is 2. The van der Waals surface area contributed by atoms with E-state index in [1.54, 1.807) is 0 Å². The Kier molecular flexibility index (Phi) is 7.29. The Bertz CT molecular complexity index is 1160. The van der Waals surface area contributed by atoms with E-state index in [1.165, 1.54) is 64.2 Å². The summed E-state index contributed by atoms with van der Waals surface area (Å²) in [5, 5.41) is 12.1. The molecule has 248 valence electrons. The summed E-state index contributed by atoms with van der Waals surface area (Å²) in [5.41, 5.74) is 1.46. The van der Waals surface area contributed by atoms with Gasteiger partial charge in [0.25, 0.3) is 0 Å². The summed E-state index contributed by atoms with van der Waals surface area (Å²) in [7, 11) is 0. The van der Waals surface area contributed by atoms with Gasteiger partial charge in [-0.3, -0.25) is 9.59 Å². The van der Waals surface area contributed by atoms with Crippen LogP contribution in [0.15, 0.2) is 0 Å². The first kappa shape index (κ1) is 30.1. The lowest BCUT2D eigenvalue weighted by atomic mass is 9.46. The average Bonchev–Trinajstić information content (AvgIpc) is 3.90. The van der Waals surface area contributed by atoms with Crippen molar-refractivity contribution in [2.45, 2.75) is 129 Å². The van der Waals surface area contributed by atoms with E-state index in [4.69, 9.17) is 19.3 Å². The lowest BCUT2D eigenvalue weighted by Crippen LogP contribution is -2.56. The number of carboxylic acids is 1. The van der Waals surface area contributed by atoms with E-state index in [2.05, 4.69) is 26.1 Å². The zero-order valence-corrected chi connectivity index (χ0v) is 27.4. The Morgan fingerprint density at radius 3 is 2.59 bits per heavy atom. The molecule has 8 rings (SSSR count). The van der Waals surface area contributed by atoms with Gasteiger partial charge in [0.1, 0.15) is 0 Å². The number of hydrogen-bond acceptors (Lipinski definition) is 6. The minimum absolute atomic E-state index is 0. The molecule has 0 aromatic rings. The molecular weight excluding hydrogens is 556 g/mol. The maximum atomic E-state index is 12.8. The summed E-state index contributed by atoms with van der Waals surface area (Å²) in [6.07, 6.45) is 16.1. The molecule has 6 saturated carbocycles. The molecule has 2 aliphatic heterocycles. The molecule has 11 atom stereocenters. The van der Waals surface area contributed by atoms with Gasteiger partial charge in [-0.2, -0.15) is 0 Å². The number of nitrogens with zero attached hydrogens (tertiary/aromatic N) is 1. The van der Waals surface area contributed by atoms with Gasteiger partial charge in [-0.25, -0.2) is 0 Å². The molecule has 0 aromatic heterocycles. The first-order valence-corrected chi connectivity index (χ1v) is 18.2. The van der Waals surface area contributed by atoms with Gasteiger partial charge in [0, 0.05) is 20.9 Å². The maximum Gasteiger partial charge on any atom is 0.317 e. The van der Waals surface area contributed by atoms with Crippen LogP contribution in [0.1, 0.15) is 106 Å². The summed E-state index contributed by atoms with van der Waals surface area (Å²) in [6, 6.07) is 0. The second kappa shape index (κ2) is 10.6. The fraction of sp³-hybridized carbons (Fsp3) is 0.944. The zero-order valence-electron chi connectivity index (χ0n) is 27.4. The van der Waals surface area contributed by atoms with Crippen LogP contribution in [-0.2, 0) is 23.8 Å². The molecule has 1 amide bonds. The molecule has 8 aliphatic rings. The van der Waals surface area contributed by atoms with Crippen molar-refractivity contribution >= 4 is 11.9 Å². The van der Waals surface area contributed by atoms with E-state index in [0.29, 0.717) is 72.8 Å². The Balaban J connectivity index is 0.00000325. The van der Waals surface area contributed by atoms with Gasteiger partial charge in [0.2, 0.25) is 5.91 Å². The lowest BCUT2D eigenvalue weighted by Gasteiger charge is -2.60. The number of amides is 1. The Morgan fingerprint density at radius 1 is 0.977 bits per heavy atom. The van der Waals surface area contributed by atoms with Crippen molar-refractivity contribution in [3.8, 4) is 0 Å². The molecule has 2 N–H and O–H groups in total. The van der Waals surface area contributed by atoms with Crippen LogP contribution in [0.5, 0.6) is 0 Å². The van der Waals surface area contributed by atoms with Gasteiger partial charge in [-0.05, 0) is 128 Å². The minimum atomic E-state index is -0.800. The highest BCUT2D eigenvalue weighted by Crippen LogP contribution is 2.87. The Morgan fingerprint density at radius 2 is 1.80 bits per heavy atom. The van der Waals surface area contributed by atoms with E-state index in [0.717, 1.165) is 24.7 Å². The molecule has 0 radical (unpaired) electrons. The normalized spacial score (nSPS) is 48.8. The van der Waals surface area contributed by atoms with Gasteiger partial charge in [0.05, 0.1) is 38.0 Å². The second-order valence-electron chi connectivity index (χ2n) is 17.4. The molecule has 2 spiro atoms. The van der Waals surface area contributed by atoms with Gasteiger partial charge in [-0.15, -0.1) is 0 Å². The molecule has 0 bridgehead atoms. The first-order valence-electron chi connectivity index (χ1n) is 18.2. The number of ether oxygens (including phenoxy) is 3. The van der Waals surface area contributed by atoms with Crippen molar-refractivity contribution < 1.29 is 30.3 Å². The van der Waals surface area contributed by atoms with Gasteiger partial charge in [0.15, 0.2) is 6.29 Å². The number of carboxylic acid groups (broad SMARTS) is 1. The van der Waals surface area contributed by atoms with Gasteiger partial charge in [-0.1, -0.05) is 20.8 Å². The maximum absolute atomic E-state index is 12.8. The van der Waals surface area contributed by atoms with Crippen LogP contribution in [0.2, 0.25) is 0 Å². The second-order valence-corrected chi connectivity index (χ2v) is 17.4. The van der Waals surface area contributed by atoms with Gasteiger partial charge >= 0.3 is 5.97 Å². The third-order valence-corrected chi connectivity index (χ3v) is 15.1. The molecule has 8 heteroatoms. The zero-order chi connectivity index (χ0) is 30.5. The molecule has 8 unspecified atom stereocenters. The van der Waals surface area contributed by atoms with Crippen LogP contribution in [0.3, 0.4) is 0 Å². The van der Waals surface area contributed by atoms with Crippen molar-refractivity contribution in [3.63, 3.8) is 0 Å². The molecular formula is C36H58N2O6. The molecule has 8 nitrogen and oxygen atoms in total. The Hall–Kier alpha value is -1.22. The summed E-state index contributed by atoms with van der Waals surface area (Å²) in [6.45, 7) is 10.1. The monoisotopic (exact) mass is 614 g/mol. The van der Waals surface area contributed by atoms with Crippen molar-refractivity contribution in [1.29, 1.82) is 0 Å². The standard InChI is InChI=1S/C36H56N2O6.H2/c1-33(2)28-9-8-24-26-17-27-25(7-6-23(43-27)18-37-19-31(40)41)34(26,3)12-13-35(24)21-36(28,35)11-10-29(33)44-32-20-38(14-15-42-32)30(39)16-22-4-5-22;/h22-29,32,37H,4-21H2,1-3H3,(H,40,41);1H/t23?,24?,25?,26?,27?,28?,29-,32?,34+,35-,36?;/m0./s1. The summed E-state index contributed by atoms with van der Waals surface area (Å²) < 4.78 is 19.7. The van der Waals surface area contributed by atoms with Crippen molar-refractivity contribution in [2.75, 3.05) is 32.8 Å². The van der Waals surface area contributed by atoms with Crippen molar-refractivity contribution in [2.24, 2.45) is 51.2 Å². The largest absolute Gasteiger partial charge is 0.480 e. The van der Waals surface area contributed by atoms with E-state index in [9.17, 15) is 9.59 Å².